The number of phenolic OH excluding ortho intramolecular Hbond substituents is 1. The zero-order chi connectivity index (χ0) is 13.9. The van der Waals surface area contributed by atoms with Gasteiger partial charge in [-0.3, -0.25) is 0 Å². The lowest BCUT2D eigenvalue weighted by Gasteiger charge is -2.29. The van der Waals surface area contributed by atoms with Crippen LogP contribution in [-0.2, 0) is 6.42 Å². The molecule has 0 bridgehead atoms. The van der Waals surface area contributed by atoms with E-state index in [-0.39, 0.29) is 11.7 Å². The number of benzene rings is 2. The number of aromatic hydroxyl groups is 1. The Morgan fingerprint density at radius 1 is 1.10 bits per heavy atom. The van der Waals surface area contributed by atoms with Crippen LogP contribution in [0.2, 0.25) is 0 Å². The van der Waals surface area contributed by atoms with Crippen LogP contribution in [0.1, 0.15) is 23.5 Å². The van der Waals surface area contributed by atoms with E-state index in [2.05, 4.69) is 0 Å². The lowest BCUT2D eigenvalue weighted by Crippen LogP contribution is -2.26. The summed E-state index contributed by atoms with van der Waals surface area (Å²) in [6.07, 6.45) is 0.972. The molecule has 0 saturated heterocycles. The van der Waals surface area contributed by atoms with Crippen LogP contribution in [0.5, 0.6) is 11.5 Å². The van der Waals surface area contributed by atoms with Crippen molar-refractivity contribution in [2.45, 2.75) is 24.9 Å². The number of phenols is 1. The summed E-state index contributed by atoms with van der Waals surface area (Å²) in [5.74, 6) is 1.24. The van der Waals surface area contributed by atoms with Crippen molar-refractivity contribution >= 4 is 0 Å². The largest absolute Gasteiger partial charge is 0.508 e. The molecule has 3 rings (SSSR count). The minimum absolute atomic E-state index is 0.105. The second-order valence-corrected chi connectivity index (χ2v) is 5.22. The summed E-state index contributed by atoms with van der Waals surface area (Å²) in [4.78, 5) is 0. The fraction of sp³-hybridized carbons (Fsp3) is 0.294. The van der Waals surface area contributed by atoms with Crippen LogP contribution in [-0.4, -0.2) is 22.9 Å². The Morgan fingerprint density at radius 3 is 2.65 bits per heavy atom. The lowest BCUT2D eigenvalue weighted by molar-refractivity contribution is 0.116. The molecule has 1 aliphatic rings. The molecule has 20 heavy (non-hydrogen) atoms. The molecule has 2 aromatic carbocycles. The number of fused-ring (bicyclic) bond motifs is 1. The van der Waals surface area contributed by atoms with Crippen molar-refractivity contribution in [3.8, 4) is 11.5 Å². The molecule has 0 aliphatic carbocycles. The predicted molar refractivity (Wildman–Crippen MR) is 77.1 cm³/mol. The minimum Gasteiger partial charge on any atom is -0.508 e. The van der Waals surface area contributed by atoms with Crippen molar-refractivity contribution in [3.63, 3.8) is 0 Å². The Hall–Kier alpha value is -2.00. The van der Waals surface area contributed by atoms with Crippen LogP contribution in [0.15, 0.2) is 48.5 Å². The summed E-state index contributed by atoms with van der Waals surface area (Å²) in [7, 11) is 0. The summed E-state index contributed by atoms with van der Waals surface area (Å²) in [5, 5.41) is 19.8. The SMILES string of the molecule is Oc1ccc(CC(O)C2CCOc3ccccc32)cc1. The van der Waals surface area contributed by atoms with E-state index in [9.17, 15) is 10.2 Å². The van der Waals surface area contributed by atoms with Gasteiger partial charge in [-0.25, -0.2) is 0 Å². The van der Waals surface area contributed by atoms with Gasteiger partial charge >= 0.3 is 0 Å². The van der Waals surface area contributed by atoms with E-state index in [0.717, 1.165) is 23.3 Å². The van der Waals surface area contributed by atoms with Crippen molar-refractivity contribution in [3.05, 3.63) is 59.7 Å². The Morgan fingerprint density at radius 2 is 1.85 bits per heavy atom. The first-order valence-electron chi connectivity index (χ1n) is 6.92. The van der Waals surface area contributed by atoms with Crippen molar-refractivity contribution in [1.29, 1.82) is 0 Å². The van der Waals surface area contributed by atoms with Gasteiger partial charge in [0.1, 0.15) is 11.5 Å². The number of rotatable bonds is 3. The van der Waals surface area contributed by atoms with Crippen LogP contribution in [0.4, 0.5) is 0 Å². The van der Waals surface area contributed by atoms with E-state index in [1.807, 2.05) is 36.4 Å². The molecule has 0 amide bonds. The lowest BCUT2D eigenvalue weighted by atomic mass is 9.85. The summed E-state index contributed by atoms with van der Waals surface area (Å²) in [6.45, 7) is 0.647. The second-order valence-electron chi connectivity index (χ2n) is 5.22. The molecular formula is C17H18O3. The van der Waals surface area contributed by atoms with E-state index >= 15 is 0 Å². The zero-order valence-corrected chi connectivity index (χ0v) is 11.2. The minimum atomic E-state index is -0.440. The fourth-order valence-corrected chi connectivity index (χ4v) is 2.79. The molecule has 3 nitrogen and oxygen atoms in total. The number of aliphatic hydroxyl groups excluding tert-OH is 1. The highest BCUT2D eigenvalue weighted by molar-refractivity contribution is 5.38. The molecule has 0 radical (unpaired) electrons. The summed E-state index contributed by atoms with van der Waals surface area (Å²) < 4.78 is 5.63. The van der Waals surface area contributed by atoms with Crippen LogP contribution < -0.4 is 4.74 Å². The fourth-order valence-electron chi connectivity index (χ4n) is 2.79. The van der Waals surface area contributed by atoms with Crippen molar-refractivity contribution in [2.75, 3.05) is 6.61 Å². The van der Waals surface area contributed by atoms with Gasteiger partial charge in [-0.2, -0.15) is 0 Å². The van der Waals surface area contributed by atoms with Crippen LogP contribution >= 0.6 is 0 Å². The quantitative estimate of drug-likeness (QED) is 0.901. The maximum absolute atomic E-state index is 10.5. The molecule has 1 aliphatic heterocycles. The van der Waals surface area contributed by atoms with Crippen LogP contribution in [0.3, 0.4) is 0 Å². The first kappa shape index (κ1) is 13.0. The van der Waals surface area contributed by atoms with Gasteiger partial charge in [-0.15, -0.1) is 0 Å². The standard InChI is InChI=1S/C17H18O3/c18-13-7-5-12(6-8-13)11-16(19)14-9-10-20-17-4-2-1-3-15(14)17/h1-8,14,16,18-19H,9-11H2. The zero-order valence-electron chi connectivity index (χ0n) is 11.2. The molecule has 0 spiro atoms. The van der Waals surface area contributed by atoms with Crippen molar-refractivity contribution in [1.82, 2.24) is 0 Å². The number of para-hydroxylation sites is 1. The van der Waals surface area contributed by atoms with Gasteiger partial charge in [-0.1, -0.05) is 30.3 Å². The third-order valence-corrected chi connectivity index (χ3v) is 3.85. The van der Waals surface area contributed by atoms with E-state index in [1.54, 1.807) is 12.1 Å². The molecule has 0 aromatic heterocycles. The molecule has 2 unspecified atom stereocenters. The molecule has 1 heterocycles. The first-order chi connectivity index (χ1) is 9.74. The van der Waals surface area contributed by atoms with Crippen molar-refractivity contribution in [2.24, 2.45) is 0 Å². The average molecular weight is 270 g/mol. The molecule has 3 heteroatoms. The normalized spacial score (nSPS) is 18.9. The number of hydrogen-bond donors (Lipinski definition) is 2. The Balaban J connectivity index is 1.78. The van der Waals surface area contributed by atoms with Gasteiger partial charge in [0.15, 0.2) is 0 Å². The Labute approximate surface area is 118 Å². The molecule has 104 valence electrons. The van der Waals surface area contributed by atoms with E-state index in [1.165, 1.54) is 0 Å². The highest BCUT2D eigenvalue weighted by Gasteiger charge is 2.27. The molecule has 0 fully saturated rings. The smallest absolute Gasteiger partial charge is 0.122 e. The summed E-state index contributed by atoms with van der Waals surface area (Å²) >= 11 is 0. The summed E-state index contributed by atoms with van der Waals surface area (Å²) in [6, 6.07) is 14.9. The number of hydrogen-bond acceptors (Lipinski definition) is 3. The van der Waals surface area contributed by atoms with Gasteiger partial charge in [-0.05, 0) is 42.2 Å². The average Bonchev–Trinajstić information content (AvgIpc) is 2.49. The molecular weight excluding hydrogens is 252 g/mol. The topological polar surface area (TPSA) is 49.7 Å². The van der Waals surface area contributed by atoms with Crippen LogP contribution in [0.25, 0.3) is 0 Å². The van der Waals surface area contributed by atoms with Gasteiger partial charge in [0.2, 0.25) is 0 Å². The molecule has 2 aromatic rings. The molecule has 0 saturated carbocycles. The van der Waals surface area contributed by atoms with Gasteiger partial charge in [0.05, 0.1) is 12.7 Å². The summed E-state index contributed by atoms with van der Waals surface area (Å²) in [5.41, 5.74) is 2.12. The number of ether oxygens (including phenoxy) is 1. The van der Waals surface area contributed by atoms with E-state index in [0.29, 0.717) is 13.0 Å². The first-order valence-corrected chi connectivity index (χ1v) is 6.92. The third kappa shape index (κ3) is 2.63. The second kappa shape index (κ2) is 5.55. The Kier molecular flexibility index (Phi) is 3.61. The van der Waals surface area contributed by atoms with E-state index < -0.39 is 6.10 Å². The van der Waals surface area contributed by atoms with Gasteiger partial charge in [0.25, 0.3) is 0 Å². The predicted octanol–water partition coefficient (Wildman–Crippen LogP) is 2.86. The number of aliphatic hydroxyl groups is 1. The van der Waals surface area contributed by atoms with E-state index in [4.69, 9.17) is 4.74 Å². The van der Waals surface area contributed by atoms with Crippen molar-refractivity contribution < 1.29 is 14.9 Å². The van der Waals surface area contributed by atoms with Crippen LogP contribution in [0, 0.1) is 0 Å². The third-order valence-electron chi connectivity index (χ3n) is 3.85. The highest BCUT2D eigenvalue weighted by Crippen LogP contribution is 2.36. The molecule has 2 N–H and O–H groups in total. The highest BCUT2D eigenvalue weighted by atomic mass is 16.5. The monoisotopic (exact) mass is 270 g/mol. The van der Waals surface area contributed by atoms with Gasteiger partial charge < -0.3 is 14.9 Å². The Bertz CT molecular complexity index is 577. The maximum Gasteiger partial charge on any atom is 0.122 e. The molecule has 2 atom stereocenters. The maximum atomic E-state index is 10.5. The van der Waals surface area contributed by atoms with Gasteiger partial charge in [0, 0.05) is 5.92 Å².